The van der Waals surface area contributed by atoms with Crippen molar-refractivity contribution in [3.63, 3.8) is 0 Å². The third kappa shape index (κ3) is 4.53. The minimum absolute atomic E-state index is 0.836. The van der Waals surface area contributed by atoms with Crippen LogP contribution in [0, 0.1) is 0 Å². The zero-order valence-electron chi connectivity index (χ0n) is 10.0. The van der Waals surface area contributed by atoms with Gasteiger partial charge in [0.15, 0.2) is 0 Å². The summed E-state index contributed by atoms with van der Waals surface area (Å²) in [5, 5.41) is 1.67. The number of halogens is 2. The molecule has 1 nitrogen and oxygen atoms in total. The highest BCUT2D eigenvalue weighted by atomic mass is 79.9. The fraction of sp³-hybridized carbons (Fsp3) is 0.143. The van der Waals surface area contributed by atoms with Gasteiger partial charge < -0.3 is 0 Å². The van der Waals surface area contributed by atoms with Crippen LogP contribution in [0.1, 0.15) is 11.1 Å². The first-order chi connectivity index (χ1) is 9.35. The Hall–Kier alpha value is 0.0600. The van der Waals surface area contributed by atoms with E-state index in [1.807, 2.05) is 24.3 Å². The lowest BCUT2D eigenvalue weighted by Crippen LogP contribution is -1.84. The molecule has 0 heterocycles. The molecule has 2 rings (SSSR count). The van der Waals surface area contributed by atoms with Crippen molar-refractivity contribution in [2.75, 3.05) is 0 Å². The fourth-order valence-electron chi connectivity index (χ4n) is 1.48. The molecule has 0 aromatic heterocycles. The van der Waals surface area contributed by atoms with Crippen LogP contribution < -0.4 is 0 Å². The van der Waals surface area contributed by atoms with Crippen molar-refractivity contribution in [2.24, 2.45) is 0 Å². The molecule has 0 aliphatic heterocycles. The van der Waals surface area contributed by atoms with Crippen LogP contribution in [0.3, 0.4) is 0 Å². The molecule has 0 bridgehead atoms. The predicted octanol–water partition coefficient (Wildman–Crippen LogP) is 6.21. The molecule has 5 heteroatoms. The topological polar surface area (TPSA) is 9.23 Å². The van der Waals surface area contributed by atoms with E-state index in [0.29, 0.717) is 0 Å². The monoisotopic (exact) mass is 418 g/mol. The minimum atomic E-state index is 0.836. The molecule has 0 atom stereocenters. The molecule has 2 aromatic rings. The van der Waals surface area contributed by atoms with Crippen LogP contribution in [0.4, 0.5) is 0 Å². The number of hydrogen-bond donors (Lipinski definition) is 0. The highest BCUT2D eigenvalue weighted by Gasteiger charge is 2.05. The molecule has 0 saturated carbocycles. The van der Waals surface area contributed by atoms with E-state index in [1.165, 1.54) is 35.2 Å². The average Bonchev–Trinajstić information content (AvgIpc) is 2.48. The van der Waals surface area contributed by atoms with Gasteiger partial charge in [0.1, 0.15) is 0 Å². The van der Waals surface area contributed by atoms with E-state index in [1.54, 1.807) is 0 Å². The van der Waals surface area contributed by atoms with Gasteiger partial charge in [0.2, 0.25) is 0 Å². The van der Waals surface area contributed by atoms with Crippen molar-refractivity contribution in [1.29, 1.82) is 0 Å². The molecule has 0 unspecified atom stereocenters. The van der Waals surface area contributed by atoms with Gasteiger partial charge in [-0.3, -0.25) is 0 Å². The van der Waals surface area contributed by atoms with Gasteiger partial charge in [-0.25, -0.2) is 3.63 Å². The van der Waals surface area contributed by atoms with E-state index < -0.39 is 0 Å². The molecule has 19 heavy (non-hydrogen) atoms. The Bertz CT molecular complexity index is 487. The molecule has 0 N–H and O–H groups in total. The summed E-state index contributed by atoms with van der Waals surface area (Å²) in [6.45, 7) is 0. The van der Waals surface area contributed by atoms with Gasteiger partial charge in [-0.2, -0.15) is 0 Å². The normalized spacial score (nSPS) is 10.6. The first-order valence-electron chi connectivity index (χ1n) is 5.64. The molecule has 2 aromatic carbocycles. The van der Waals surface area contributed by atoms with Crippen molar-refractivity contribution < 1.29 is 3.63 Å². The van der Waals surface area contributed by atoms with Gasteiger partial charge in [0.05, 0.1) is 0 Å². The van der Waals surface area contributed by atoms with Crippen LogP contribution in [0.5, 0.6) is 0 Å². The van der Waals surface area contributed by atoms with Gasteiger partial charge >= 0.3 is 0 Å². The van der Waals surface area contributed by atoms with Crippen molar-refractivity contribution in [1.82, 2.24) is 0 Å². The summed E-state index contributed by atoms with van der Waals surface area (Å²) < 4.78 is 5.68. The van der Waals surface area contributed by atoms with E-state index in [4.69, 9.17) is 3.63 Å². The highest BCUT2D eigenvalue weighted by Crippen LogP contribution is 2.34. The van der Waals surface area contributed by atoms with Crippen molar-refractivity contribution in [3.8, 4) is 0 Å². The average molecular weight is 420 g/mol. The van der Waals surface area contributed by atoms with Crippen LogP contribution in [-0.2, 0) is 14.3 Å². The highest BCUT2D eigenvalue weighted by molar-refractivity contribution is 9.08. The van der Waals surface area contributed by atoms with Crippen LogP contribution in [0.15, 0.2) is 58.3 Å². The Labute approximate surface area is 139 Å². The maximum absolute atomic E-state index is 5.68. The van der Waals surface area contributed by atoms with Crippen LogP contribution >= 0.6 is 55.9 Å². The summed E-state index contributed by atoms with van der Waals surface area (Å²) in [7, 11) is 0. The van der Waals surface area contributed by atoms with Gasteiger partial charge in [-0.05, 0) is 23.3 Å². The lowest BCUT2D eigenvalue weighted by atomic mass is 10.2. The van der Waals surface area contributed by atoms with E-state index in [9.17, 15) is 0 Å². The zero-order valence-corrected chi connectivity index (χ0v) is 14.8. The first kappa shape index (κ1) is 15.4. The smallest absolute Gasteiger partial charge is 0.0451 e. The van der Waals surface area contributed by atoms with E-state index in [-0.39, 0.29) is 0 Å². The van der Waals surface area contributed by atoms with E-state index >= 15 is 0 Å². The van der Waals surface area contributed by atoms with Crippen molar-refractivity contribution in [3.05, 3.63) is 59.7 Å². The molecule has 0 aliphatic carbocycles. The Morgan fingerprint density at radius 1 is 0.737 bits per heavy atom. The zero-order chi connectivity index (χ0) is 13.5. The Morgan fingerprint density at radius 3 is 1.58 bits per heavy atom. The summed E-state index contributed by atoms with van der Waals surface area (Å²) in [6, 6.07) is 16.4. The van der Waals surface area contributed by atoms with Crippen LogP contribution in [0.25, 0.3) is 0 Å². The van der Waals surface area contributed by atoms with Crippen molar-refractivity contribution in [2.45, 2.75) is 20.5 Å². The molecule has 100 valence electrons. The SMILES string of the molecule is BrCc1ccccc1SOSc1ccccc1CBr. The third-order valence-corrected chi connectivity index (χ3v) is 5.39. The number of benzene rings is 2. The lowest BCUT2D eigenvalue weighted by Gasteiger charge is -2.07. The molecule has 0 saturated heterocycles. The standard InChI is InChI=1S/C14H12Br2OS2/c15-9-11-5-1-3-7-13(11)18-17-19-14-8-4-2-6-12(14)10-16/h1-8H,9-10H2. The number of hydrogen-bond acceptors (Lipinski definition) is 3. The fourth-order valence-corrected chi connectivity index (χ4v) is 4.32. The van der Waals surface area contributed by atoms with Crippen LogP contribution in [0.2, 0.25) is 0 Å². The summed E-state index contributed by atoms with van der Waals surface area (Å²) in [5.41, 5.74) is 2.48. The maximum atomic E-state index is 5.68. The summed E-state index contributed by atoms with van der Waals surface area (Å²) >= 11 is 9.78. The minimum Gasteiger partial charge on any atom is -0.237 e. The lowest BCUT2D eigenvalue weighted by molar-refractivity contribution is 0.754. The van der Waals surface area contributed by atoms with Gasteiger partial charge in [0.25, 0.3) is 0 Å². The molecule has 0 amide bonds. The quantitative estimate of drug-likeness (QED) is 0.407. The van der Waals surface area contributed by atoms with Gasteiger partial charge in [-0.1, -0.05) is 68.3 Å². The molecular formula is C14H12Br2OS2. The molecule has 0 spiro atoms. The molecular weight excluding hydrogens is 408 g/mol. The third-order valence-electron chi connectivity index (χ3n) is 2.48. The predicted molar refractivity (Wildman–Crippen MR) is 90.9 cm³/mol. The summed E-state index contributed by atoms with van der Waals surface area (Å²) in [4.78, 5) is 2.28. The Balaban J connectivity index is 1.96. The molecule has 0 radical (unpaired) electrons. The maximum Gasteiger partial charge on any atom is 0.0451 e. The molecule has 0 aliphatic rings. The van der Waals surface area contributed by atoms with E-state index in [2.05, 4.69) is 56.1 Å². The Morgan fingerprint density at radius 2 is 1.16 bits per heavy atom. The number of alkyl halides is 2. The second-order valence-corrected chi connectivity index (χ2v) is 6.60. The first-order valence-corrected chi connectivity index (χ1v) is 9.36. The summed E-state index contributed by atoms with van der Waals surface area (Å²) in [5.74, 6) is 0. The van der Waals surface area contributed by atoms with Gasteiger partial charge in [0, 0.05) is 44.5 Å². The van der Waals surface area contributed by atoms with Crippen LogP contribution in [-0.4, -0.2) is 0 Å². The van der Waals surface area contributed by atoms with E-state index in [0.717, 1.165) is 20.5 Å². The second kappa shape index (κ2) is 8.37. The largest absolute Gasteiger partial charge is 0.237 e. The Kier molecular flexibility index (Phi) is 6.81. The second-order valence-electron chi connectivity index (χ2n) is 3.72. The molecule has 0 fully saturated rings. The van der Waals surface area contributed by atoms with Gasteiger partial charge in [-0.15, -0.1) is 0 Å². The number of rotatable bonds is 6. The summed E-state index contributed by atoms with van der Waals surface area (Å²) in [6.07, 6.45) is 0. The van der Waals surface area contributed by atoms with Crippen molar-refractivity contribution >= 4 is 55.9 Å².